The van der Waals surface area contributed by atoms with Crippen LogP contribution in [0.4, 0.5) is 5.95 Å². The second-order valence-corrected chi connectivity index (χ2v) is 4.20. The average Bonchev–Trinajstić information content (AvgIpc) is 2.93. The minimum absolute atomic E-state index is 0.0513. The van der Waals surface area contributed by atoms with E-state index in [9.17, 15) is 4.79 Å². The second-order valence-electron chi connectivity index (χ2n) is 4.20. The fourth-order valence-electron chi connectivity index (χ4n) is 1.67. The lowest BCUT2D eigenvalue weighted by Crippen LogP contribution is -2.13. The zero-order chi connectivity index (χ0) is 14.4. The standard InChI is InChI=1S/C15H15N3O2/c1-11-10-13(6-5-12(11)4-2-3-9-19)14(20)18-15-16-7-8-17-15/h5-8,10,19H,3,9H2,1H3,(H2,16,17,18,20). The van der Waals surface area contributed by atoms with Crippen molar-refractivity contribution in [3.05, 3.63) is 47.3 Å². The number of hydrogen-bond acceptors (Lipinski definition) is 3. The van der Waals surface area contributed by atoms with Crippen LogP contribution >= 0.6 is 0 Å². The molecule has 0 fully saturated rings. The Morgan fingerprint density at radius 2 is 2.35 bits per heavy atom. The molecule has 2 rings (SSSR count). The summed E-state index contributed by atoms with van der Waals surface area (Å²) in [6.07, 6.45) is 3.65. The van der Waals surface area contributed by atoms with Crippen LogP contribution in [0, 0.1) is 18.8 Å². The summed E-state index contributed by atoms with van der Waals surface area (Å²) in [5.41, 5.74) is 2.32. The van der Waals surface area contributed by atoms with Gasteiger partial charge in [-0.25, -0.2) is 4.98 Å². The van der Waals surface area contributed by atoms with Gasteiger partial charge in [0.15, 0.2) is 0 Å². The van der Waals surface area contributed by atoms with Gasteiger partial charge in [0.25, 0.3) is 5.91 Å². The van der Waals surface area contributed by atoms with Crippen LogP contribution in [0.5, 0.6) is 0 Å². The van der Waals surface area contributed by atoms with Gasteiger partial charge in [-0.15, -0.1) is 0 Å². The molecule has 0 saturated carbocycles. The number of anilines is 1. The maximum Gasteiger partial charge on any atom is 0.257 e. The first kappa shape index (κ1) is 13.8. The van der Waals surface area contributed by atoms with Crippen molar-refractivity contribution in [2.24, 2.45) is 0 Å². The third-order valence-corrected chi connectivity index (χ3v) is 2.68. The van der Waals surface area contributed by atoms with Crippen LogP contribution in [0.25, 0.3) is 0 Å². The molecule has 1 heterocycles. The van der Waals surface area contributed by atoms with Crippen LogP contribution in [-0.2, 0) is 0 Å². The van der Waals surface area contributed by atoms with Crippen molar-refractivity contribution in [2.75, 3.05) is 11.9 Å². The highest BCUT2D eigenvalue weighted by Gasteiger charge is 2.08. The smallest absolute Gasteiger partial charge is 0.257 e. The molecule has 0 aliphatic rings. The van der Waals surface area contributed by atoms with Gasteiger partial charge in [-0.2, -0.15) is 0 Å². The Morgan fingerprint density at radius 3 is 3.00 bits per heavy atom. The highest BCUT2D eigenvalue weighted by atomic mass is 16.2. The molecule has 2 aromatic rings. The van der Waals surface area contributed by atoms with Crippen molar-refractivity contribution in [1.82, 2.24) is 9.97 Å². The zero-order valence-corrected chi connectivity index (χ0v) is 11.1. The van der Waals surface area contributed by atoms with Gasteiger partial charge in [-0.05, 0) is 30.7 Å². The Morgan fingerprint density at radius 1 is 1.50 bits per heavy atom. The summed E-state index contributed by atoms with van der Waals surface area (Å²) in [5, 5.41) is 11.4. The fourth-order valence-corrected chi connectivity index (χ4v) is 1.67. The van der Waals surface area contributed by atoms with E-state index < -0.39 is 0 Å². The number of carbonyl (C=O) groups is 1. The third-order valence-electron chi connectivity index (χ3n) is 2.68. The molecule has 0 spiro atoms. The van der Waals surface area contributed by atoms with Crippen LogP contribution < -0.4 is 5.32 Å². The lowest BCUT2D eigenvalue weighted by molar-refractivity contribution is 0.102. The predicted octanol–water partition coefficient (Wildman–Crippen LogP) is 1.70. The molecule has 20 heavy (non-hydrogen) atoms. The summed E-state index contributed by atoms with van der Waals surface area (Å²) in [5.74, 6) is 6.02. The monoisotopic (exact) mass is 269 g/mol. The number of aliphatic hydroxyl groups excluding tert-OH is 1. The molecule has 102 valence electrons. The first-order valence-electron chi connectivity index (χ1n) is 6.22. The van der Waals surface area contributed by atoms with E-state index in [0.29, 0.717) is 17.9 Å². The third kappa shape index (κ3) is 3.46. The quantitative estimate of drug-likeness (QED) is 0.742. The number of aliphatic hydroxyl groups is 1. The zero-order valence-electron chi connectivity index (χ0n) is 11.1. The van der Waals surface area contributed by atoms with Gasteiger partial charge in [0.1, 0.15) is 0 Å². The van der Waals surface area contributed by atoms with Gasteiger partial charge >= 0.3 is 0 Å². The number of hydrogen-bond donors (Lipinski definition) is 3. The molecule has 0 radical (unpaired) electrons. The van der Waals surface area contributed by atoms with Crippen LogP contribution in [-0.4, -0.2) is 27.6 Å². The predicted molar refractivity (Wildman–Crippen MR) is 76.3 cm³/mol. The number of H-pyrrole nitrogens is 1. The van der Waals surface area contributed by atoms with E-state index in [1.807, 2.05) is 6.92 Å². The molecule has 0 atom stereocenters. The molecular weight excluding hydrogens is 254 g/mol. The fraction of sp³-hybridized carbons (Fsp3) is 0.200. The number of carbonyl (C=O) groups excluding carboxylic acids is 1. The van der Waals surface area contributed by atoms with Gasteiger partial charge < -0.3 is 10.1 Å². The van der Waals surface area contributed by atoms with E-state index in [-0.39, 0.29) is 12.5 Å². The lowest BCUT2D eigenvalue weighted by atomic mass is 10.0. The lowest BCUT2D eigenvalue weighted by Gasteiger charge is -2.04. The van der Waals surface area contributed by atoms with E-state index in [2.05, 4.69) is 27.1 Å². The Hall–Kier alpha value is -2.58. The molecule has 0 aliphatic heterocycles. The van der Waals surface area contributed by atoms with E-state index in [1.54, 1.807) is 30.6 Å². The number of aromatic nitrogens is 2. The summed E-state index contributed by atoms with van der Waals surface area (Å²) in [4.78, 5) is 18.7. The molecule has 0 saturated heterocycles. The SMILES string of the molecule is Cc1cc(C(=O)Nc2ncc[nH]2)ccc1C#CCCO. The van der Waals surface area contributed by atoms with Crippen molar-refractivity contribution in [3.63, 3.8) is 0 Å². The normalized spacial score (nSPS) is 9.70. The molecule has 1 aromatic heterocycles. The number of amides is 1. The average molecular weight is 269 g/mol. The van der Waals surface area contributed by atoms with Crippen LogP contribution in [0.3, 0.4) is 0 Å². The van der Waals surface area contributed by atoms with Gasteiger partial charge in [-0.3, -0.25) is 10.1 Å². The minimum atomic E-state index is -0.224. The number of benzene rings is 1. The summed E-state index contributed by atoms with van der Waals surface area (Å²) in [6, 6.07) is 5.30. The number of nitrogens with one attached hydrogen (secondary N) is 2. The molecular formula is C15H15N3O2. The first-order chi connectivity index (χ1) is 9.70. The minimum Gasteiger partial charge on any atom is -0.395 e. The number of aromatic amines is 1. The Kier molecular flexibility index (Phi) is 4.53. The largest absolute Gasteiger partial charge is 0.395 e. The van der Waals surface area contributed by atoms with E-state index in [1.165, 1.54) is 0 Å². The first-order valence-corrected chi connectivity index (χ1v) is 6.22. The Bertz CT molecular complexity index is 651. The molecule has 0 aliphatic carbocycles. The van der Waals surface area contributed by atoms with Gasteiger partial charge in [0.2, 0.25) is 5.95 Å². The topological polar surface area (TPSA) is 78.0 Å². The van der Waals surface area contributed by atoms with Gasteiger partial charge in [-0.1, -0.05) is 11.8 Å². The van der Waals surface area contributed by atoms with Crippen molar-refractivity contribution in [1.29, 1.82) is 0 Å². The molecule has 5 heteroatoms. The molecule has 5 nitrogen and oxygen atoms in total. The summed E-state index contributed by atoms with van der Waals surface area (Å²) >= 11 is 0. The molecule has 3 N–H and O–H groups in total. The van der Waals surface area contributed by atoms with Crippen LogP contribution in [0.2, 0.25) is 0 Å². The number of aryl methyl sites for hydroxylation is 1. The maximum absolute atomic E-state index is 12.0. The summed E-state index contributed by atoms with van der Waals surface area (Å²) in [7, 11) is 0. The van der Waals surface area contributed by atoms with Crippen molar-refractivity contribution < 1.29 is 9.90 Å². The highest BCUT2D eigenvalue weighted by molar-refractivity contribution is 6.03. The Balaban J connectivity index is 2.12. The van der Waals surface area contributed by atoms with Crippen molar-refractivity contribution >= 4 is 11.9 Å². The Labute approximate surface area is 117 Å². The number of imidazole rings is 1. The van der Waals surface area contributed by atoms with Gasteiger partial charge in [0, 0.05) is 29.9 Å². The van der Waals surface area contributed by atoms with E-state index in [4.69, 9.17) is 5.11 Å². The van der Waals surface area contributed by atoms with E-state index >= 15 is 0 Å². The molecule has 0 unspecified atom stereocenters. The maximum atomic E-state index is 12.0. The summed E-state index contributed by atoms with van der Waals surface area (Å²) < 4.78 is 0. The van der Waals surface area contributed by atoms with Crippen molar-refractivity contribution in [2.45, 2.75) is 13.3 Å². The number of nitrogens with zero attached hydrogens (tertiary/aromatic N) is 1. The van der Waals surface area contributed by atoms with E-state index in [0.717, 1.165) is 11.1 Å². The molecule has 0 bridgehead atoms. The molecule has 1 aromatic carbocycles. The highest BCUT2D eigenvalue weighted by Crippen LogP contribution is 2.11. The second kappa shape index (κ2) is 6.55. The van der Waals surface area contributed by atoms with Crippen LogP contribution in [0.15, 0.2) is 30.6 Å². The van der Waals surface area contributed by atoms with Crippen LogP contribution in [0.1, 0.15) is 27.9 Å². The number of rotatable bonds is 3. The molecule has 1 amide bonds. The van der Waals surface area contributed by atoms with Gasteiger partial charge in [0.05, 0.1) is 6.61 Å². The van der Waals surface area contributed by atoms with Crippen molar-refractivity contribution in [3.8, 4) is 11.8 Å². The summed E-state index contributed by atoms with van der Waals surface area (Å²) in [6.45, 7) is 1.95.